The summed E-state index contributed by atoms with van der Waals surface area (Å²) < 4.78 is 65.3. The van der Waals surface area contributed by atoms with Crippen LogP contribution in [0.2, 0.25) is 0 Å². The lowest BCUT2D eigenvalue weighted by atomic mass is 10.0. The fourth-order valence-electron chi connectivity index (χ4n) is 2.93. The first-order chi connectivity index (χ1) is 16.1. The van der Waals surface area contributed by atoms with E-state index >= 15 is 0 Å². The second-order valence-corrected chi connectivity index (χ2v) is 7.59. The molecule has 34 heavy (non-hydrogen) atoms. The first kappa shape index (κ1) is 23.1. The van der Waals surface area contributed by atoms with Crippen LogP contribution in [0, 0.1) is 11.3 Å². The Morgan fingerprint density at radius 1 is 1.09 bits per heavy atom. The zero-order valence-corrected chi connectivity index (χ0v) is 17.5. The van der Waals surface area contributed by atoms with E-state index in [0.717, 1.165) is 19.3 Å². The van der Waals surface area contributed by atoms with Crippen molar-refractivity contribution in [2.24, 2.45) is 0 Å². The van der Waals surface area contributed by atoms with Crippen molar-refractivity contribution in [1.29, 1.82) is 5.26 Å². The molecule has 1 aliphatic carbocycles. The number of nitrogens with zero attached hydrogens (tertiary/aromatic N) is 7. The molecule has 0 unspecified atom stereocenters. The van der Waals surface area contributed by atoms with E-state index < -0.39 is 35.7 Å². The highest BCUT2D eigenvalue weighted by molar-refractivity contribution is 5.59. The maximum atomic E-state index is 13.1. The number of hydrogen-bond donors (Lipinski definition) is 2. The predicted octanol–water partition coefficient (Wildman–Crippen LogP) is 4.32. The molecule has 2 N–H and O–H groups in total. The Morgan fingerprint density at radius 2 is 1.82 bits per heavy atom. The molecule has 0 aliphatic heterocycles. The topological polar surface area (TPSA) is 125 Å². The molecular formula is C20H16F5N9. The van der Waals surface area contributed by atoms with Gasteiger partial charge in [-0.05, 0) is 31.9 Å². The third kappa shape index (κ3) is 4.98. The molecule has 0 radical (unpaired) electrons. The van der Waals surface area contributed by atoms with Gasteiger partial charge in [-0.15, -0.1) is 0 Å². The van der Waals surface area contributed by atoms with Gasteiger partial charge in [0, 0.05) is 11.9 Å². The van der Waals surface area contributed by atoms with Crippen LogP contribution in [-0.2, 0) is 5.41 Å². The van der Waals surface area contributed by atoms with Crippen molar-refractivity contribution in [2.45, 2.75) is 43.8 Å². The van der Waals surface area contributed by atoms with Crippen molar-refractivity contribution in [3.05, 3.63) is 42.1 Å². The number of hydrogen-bond acceptors (Lipinski definition) is 9. The Balaban J connectivity index is 1.71. The summed E-state index contributed by atoms with van der Waals surface area (Å²) in [5.41, 5.74) is -0.527. The lowest BCUT2D eigenvalue weighted by Crippen LogP contribution is -2.34. The SMILES string of the molecule is C[C@@H](Nc1nc(Nc2ccnc(C3(C#N)CC3)c2)nc(-c2cncc(C(F)F)n2)n1)C(F)(F)F. The van der Waals surface area contributed by atoms with Crippen LogP contribution in [-0.4, -0.2) is 42.1 Å². The highest BCUT2D eigenvalue weighted by Gasteiger charge is 2.46. The molecule has 4 rings (SSSR count). The summed E-state index contributed by atoms with van der Waals surface area (Å²) in [6.07, 6.45) is -2.74. The minimum Gasteiger partial charge on any atom is -0.343 e. The molecule has 0 spiro atoms. The van der Waals surface area contributed by atoms with Crippen molar-refractivity contribution in [1.82, 2.24) is 29.9 Å². The molecule has 0 amide bonds. The van der Waals surface area contributed by atoms with Gasteiger partial charge in [-0.3, -0.25) is 9.97 Å². The minimum absolute atomic E-state index is 0.176. The zero-order valence-electron chi connectivity index (χ0n) is 17.5. The van der Waals surface area contributed by atoms with Gasteiger partial charge >= 0.3 is 6.18 Å². The van der Waals surface area contributed by atoms with E-state index in [1.165, 1.54) is 6.20 Å². The highest BCUT2D eigenvalue weighted by Crippen LogP contribution is 2.47. The molecule has 3 aromatic heterocycles. The first-order valence-electron chi connectivity index (χ1n) is 9.94. The third-order valence-electron chi connectivity index (χ3n) is 5.05. The number of alkyl halides is 5. The number of aromatic nitrogens is 6. The molecule has 3 heterocycles. The van der Waals surface area contributed by atoms with E-state index in [4.69, 9.17) is 0 Å². The fourth-order valence-corrected chi connectivity index (χ4v) is 2.93. The Bertz CT molecular complexity index is 1240. The second-order valence-electron chi connectivity index (χ2n) is 7.59. The summed E-state index contributed by atoms with van der Waals surface area (Å²) in [5, 5.41) is 14.4. The van der Waals surface area contributed by atoms with Gasteiger partial charge in [0.25, 0.3) is 6.43 Å². The fraction of sp³-hybridized carbons (Fsp3) is 0.350. The van der Waals surface area contributed by atoms with E-state index in [9.17, 15) is 27.2 Å². The van der Waals surface area contributed by atoms with Gasteiger partial charge in [0.2, 0.25) is 11.9 Å². The Morgan fingerprint density at radius 3 is 2.47 bits per heavy atom. The van der Waals surface area contributed by atoms with Gasteiger partial charge in [0.1, 0.15) is 17.4 Å². The van der Waals surface area contributed by atoms with E-state index in [2.05, 4.69) is 46.6 Å². The lowest BCUT2D eigenvalue weighted by Gasteiger charge is -2.18. The van der Waals surface area contributed by atoms with Crippen molar-refractivity contribution in [3.8, 4) is 17.6 Å². The summed E-state index contributed by atoms with van der Waals surface area (Å²) in [4.78, 5) is 23.6. The van der Waals surface area contributed by atoms with Gasteiger partial charge in [0.15, 0.2) is 5.82 Å². The molecule has 0 saturated heterocycles. The number of rotatable bonds is 7. The van der Waals surface area contributed by atoms with Crippen LogP contribution in [0.5, 0.6) is 0 Å². The summed E-state index contributed by atoms with van der Waals surface area (Å²) in [6, 6.07) is 3.39. The predicted molar refractivity (Wildman–Crippen MR) is 109 cm³/mol. The van der Waals surface area contributed by atoms with Crippen molar-refractivity contribution >= 4 is 17.6 Å². The van der Waals surface area contributed by atoms with Crippen molar-refractivity contribution in [3.63, 3.8) is 0 Å². The van der Waals surface area contributed by atoms with Crippen LogP contribution in [0.4, 0.5) is 39.5 Å². The second kappa shape index (κ2) is 8.73. The summed E-state index contributed by atoms with van der Waals surface area (Å²) in [7, 11) is 0. The molecule has 0 bridgehead atoms. The number of nitriles is 1. The average Bonchev–Trinajstić information content (AvgIpc) is 3.60. The molecule has 1 aliphatic rings. The van der Waals surface area contributed by atoms with Crippen LogP contribution >= 0.6 is 0 Å². The highest BCUT2D eigenvalue weighted by atomic mass is 19.4. The number of pyridine rings is 1. The Labute approximate surface area is 189 Å². The van der Waals surface area contributed by atoms with Crippen LogP contribution in [0.3, 0.4) is 0 Å². The molecule has 3 aromatic rings. The molecule has 14 heteroatoms. The maximum absolute atomic E-state index is 13.1. The molecule has 176 valence electrons. The van der Waals surface area contributed by atoms with Gasteiger partial charge in [-0.1, -0.05) is 0 Å². The number of halogens is 5. The molecule has 9 nitrogen and oxygen atoms in total. The summed E-state index contributed by atoms with van der Waals surface area (Å²) in [6.45, 7) is 0.875. The average molecular weight is 477 g/mol. The summed E-state index contributed by atoms with van der Waals surface area (Å²) in [5.74, 6) is -0.897. The van der Waals surface area contributed by atoms with Gasteiger partial charge < -0.3 is 10.6 Å². The number of anilines is 3. The molecular weight excluding hydrogens is 461 g/mol. The monoisotopic (exact) mass is 477 g/mol. The number of nitrogens with one attached hydrogen (secondary N) is 2. The minimum atomic E-state index is -4.59. The Hall–Kier alpha value is -4.02. The smallest absolute Gasteiger partial charge is 0.343 e. The van der Waals surface area contributed by atoms with Crippen LogP contribution < -0.4 is 10.6 Å². The van der Waals surface area contributed by atoms with E-state index in [-0.39, 0.29) is 17.5 Å². The zero-order chi connectivity index (χ0) is 24.5. The lowest BCUT2D eigenvalue weighted by molar-refractivity contribution is -0.138. The van der Waals surface area contributed by atoms with Gasteiger partial charge in [-0.25, -0.2) is 13.8 Å². The van der Waals surface area contributed by atoms with E-state index in [1.54, 1.807) is 12.1 Å². The van der Waals surface area contributed by atoms with E-state index in [1.807, 2.05) is 0 Å². The Kier molecular flexibility index (Phi) is 5.94. The standard InChI is InChI=1S/C20H16F5N9/c1-10(20(23,24)25)29-17-32-16(13-8-27-7-12(31-13)15(21)22)33-18(34-17)30-11-2-5-28-14(6-11)19(9-26)3-4-19/h2,5-8,10,15H,3-4H2,1H3,(H2,28,29,30,32,33,34)/t10-/m1/s1. The third-order valence-corrected chi connectivity index (χ3v) is 5.05. The van der Waals surface area contributed by atoms with Crippen LogP contribution in [0.1, 0.15) is 37.6 Å². The molecule has 1 atom stereocenters. The largest absolute Gasteiger partial charge is 0.408 e. The molecule has 1 fully saturated rings. The maximum Gasteiger partial charge on any atom is 0.408 e. The quantitative estimate of drug-likeness (QED) is 0.479. The van der Waals surface area contributed by atoms with E-state index in [0.29, 0.717) is 24.2 Å². The normalized spacial score (nSPS) is 15.5. The van der Waals surface area contributed by atoms with Gasteiger partial charge in [0.05, 0.1) is 29.6 Å². The van der Waals surface area contributed by atoms with Crippen molar-refractivity contribution in [2.75, 3.05) is 10.6 Å². The molecule has 0 aromatic carbocycles. The van der Waals surface area contributed by atoms with Crippen molar-refractivity contribution < 1.29 is 22.0 Å². The van der Waals surface area contributed by atoms with Crippen LogP contribution in [0.25, 0.3) is 11.5 Å². The van der Waals surface area contributed by atoms with Gasteiger partial charge in [-0.2, -0.15) is 33.4 Å². The first-order valence-corrected chi connectivity index (χ1v) is 9.94. The van der Waals surface area contributed by atoms with Crippen LogP contribution in [0.15, 0.2) is 30.7 Å². The molecule has 1 saturated carbocycles. The summed E-state index contributed by atoms with van der Waals surface area (Å²) >= 11 is 0.